The molecule has 4 aromatic rings. The van der Waals surface area contributed by atoms with Crippen LogP contribution in [-0.4, -0.2) is 123 Å². The molecule has 2 aromatic carbocycles. The number of likely N-dealkylation sites (N-methyl/N-ethyl adjacent to an activating group) is 1. The van der Waals surface area contributed by atoms with E-state index in [9.17, 15) is 29.1 Å². The highest BCUT2D eigenvalue weighted by Gasteiger charge is 2.47. The van der Waals surface area contributed by atoms with Crippen LogP contribution in [0.3, 0.4) is 0 Å². The third-order valence-corrected chi connectivity index (χ3v) is 13.4. The summed E-state index contributed by atoms with van der Waals surface area (Å²) >= 11 is 0. The molecule has 7 rings (SSSR count). The first-order valence-electron chi connectivity index (χ1n) is 23.1. The molecule has 16 heteroatoms. The summed E-state index contributed by atoms with van der Waals surface area (Å²) in [7, 11) is 3.00. The van der Waals surface area contributed by atoms with Crippen LogP contribution in [0.25, 0.3) is 33.3 Å². The number of carbonyl (C=O) groups is 5. The van der Waals surface area contributed by atoms with Gasteiger partial charge in [-0.15, -0.1) is 0 Å². The number of nitrogens with zero attached hydrogens (tertiary/aromatic N) is 5. The second-order valence-electron chi connectivity index (χ2n) is 19.5. The molecular formula is C51H64FN7O8. The van der Waals surface area contributed by atoms with Crippen molar-refractivity contribution in [1.29, 1.82) is 0 Å². The van der Waals surface area contributed by atoms with Crippen molar-refractivity contribution in [3.05, 3.63) is 90.3 Å². The number of alkyl halides is 1. The van der Waals surface area contributed by atoms with Crippen molar-refractivity contribution in [2.45, 2.75) is 110 Å². The molecule has 15 nitrogen and oxygen atoms in total. The van der Waals surface area contributed by atoms with E-state index in [0.717, 1.165) is 54.5 Å². The number of nitrogens with one attached hydrogen (secondary N) is 2. The van der Waals surface area contributed by atoms with Crippen molar-refractivity contribution in [3.8, 4) is 22.4 Å². The fourth-order valence-electron chi connectivity index (χ4n) is 9.93. The van der Waals surface area contributed by atoms with Crippen molar-refractivity contribution < 1.29 is 42.9 Å². The Morgan fingerprint density at radius 2 is 1.88 bits per heavy atom. The first-order valence-corrected chi connectivity index (χ1v) is 23.1. The van der Waals surface area contributed by atoms with Gasteiger partial charge in [-0.3, -0.25) is 29.2 Å². The molecular weight excluding hydrogens is 858 g/mol. The maximum Gasteiger partial charge on any atom is 0.355 e. The number of esters is 1. The second-order valence-corrected chi connectivity index (χ2v) is 19.5. The van der Waals surface area contributed by atoms with Gasteiger partial charge >= 0.3 is 5.97 Å². The van der Waals surface area contributed by atoms with Gasteiger partial charge in [0, 0.05) is 81.3 Å². The Morgan fingerprint density at radius 3 is 2.58 bits per heavy atom. The number of hydrogen-bond donors (Lipinski definition) is 3. The average molecular weight is 922 g/mol. The number of pyridine rings is 1. The van der Waals surface area contributed by atoms with E-state index in [1.807, 2.05) is 57.2 Å². The summed E-state index contributed by atoms with van der Waals surface area (Å²) in [6.45, 7) is 15.0. The van der Waals surface area contributed by atoms with E-state index in [4.69, 9.17) is 14.5 Å². The quantitative estimate of drug-likeness (QED) is 0.133. The Balaban J connectivity index is 1.32. The first-order chi connectivity index (χ1) is 31.7. The highest BCUT2D eigenvalue weighted by atomic mass is 19.1. The largest absolute Gasteiger partial charge is 0.462 e. The summed E-state index contributed by atoms with van der Waals surface area (Å²) in [5, 5.41) is 16.7. The predicted octanol–water partition coefficient (Wildman–Crippen LogP) is 5.68. The Morgan fingerprint density at radius 1 is 1.13 bits per heavy atom. The lowest BCUT2D eigenvalue weighted by atomic mass is 9.84. The van der Waals surface area contributed by atoms with Gasteiger partial charge in [0.05, 0.1) is 30.0 Å². The van der Waals surface area contributed by atoms with E-state index in [1.165, 1.54) is 31.9 Å². The smallest absolute Gasteiger partial charge is 0.355 e. The Labute approximate surface area is 391 Å². The number of hydrazine groups is 1. The number of aliphatic hydroxyl groups is 1. The number of aryl methyl sites for hydroxylation is 1. The van der Waals surface area contributed by atoms with Crippen LogP contribution in [0.5, 0.6) is 0 Å². The third kappa shape index (κ3) is 10.0. The minimum Gasteiger partial charge on any atom is -0.462 e. The number of ether oxygens (including phenoxy) is 2. The molecule has 0 aliphatic carbocycles. The fraction of sp³-hybridized carbons (Fsp3) is 0.490. The summed E-state index contributed by atoms with van der Waals surface area (Å²) in [5.41, 5.74) is 4.57. The van der Waals surface area contributed by atoms with Gasteiger partial charge in [-0.25, -0.2) is 9.18 Å². The van der Waals surface area contributed by atoms with Gasteiger partial charge in [0.15, 0.2) is 0 Å². The van der Waals surface area contributed by atoms with Crippen LogP contribution in [-0.2, 0) is 52.8 Å². The lowest BCUT2D eigenvalue weighted by molar-refractivity contribution is -0.189. The highest BCUT2D eigenvalue weighted by Crippen LogP contribution is 2.42. The molecule has 0 unspecified atom stereocenters. The van der Waals surface area contributed by atoms with Crippen molar-refractivity contribution in [3.63, 3.8) is 0 Å². The normalized spacial score (nSPS) is 22.1. The van der Waals surface area contributed by atoms with Gasteiger partial charge in [0.1, 0.15) is 17.8 Å². The number of aromatic nitrogens is 2. The predicted molar refractivity (Wildman–Crippen MR) is 251 cm³/mol. The molecule has 5 heterocycles. The van der Waals surface area contributed by atoms with Gasteiger partial charge in [-0.2, -0.15) is 5.43 Å². The summed E-state index contributed by atoms with van der Waals surface area (Å²) in [6, 6.07) is 14.8. The summed E-state index contributed by atoms with van der Waals surface area (Å²) in [6.07, 6.45) is 3.49. The number of hydrogen-bond acceptors (Lipinski definition) is 10. The molecule has 2 aromatic heterocycles. The van der Waals surface area contributed by atoms with Crippen LogP contribution in [0.4, 0.5) is 4.39 Å². The third-order valence-electron chi connectivity index (χ3n) is 13.4. The molecule has 358 valence electrons. The zero-order valence-electron chi connectivity index (χ0n) is 39.9. The number of halogens is 1. The molecule has 3 aliphatic rings. The SMILES string of the molecule is C=CC(=O)N1CC[C@H](C(=O)N(C)[C@H](C(=O)N[C@H]2Cc3cccc(c3)-c3ccc4c(c3)c(c(-c3cccnc3[C@H](C)OC)n4CC)CC(C)(C)COC(=O)[C@@]3(O)CCCN(N3)C2=O)C(C)(C)F)C1. The van der Waals surface area contributed by atoms with Crippen LogP contribution < -0.4 is 10.7 Å². The van der Waals surface area contributed by atoms with E-state index in [0.29, 0.717) is 31.5 Å². The van der Waals surface area contributed by atoms with Crippen molar-refractivity contribution in [2.24, 2.45) is 11.3 Å². The van der Waals surface area contributed by atoms with Gasteiger partial charge < -0.3 is 34.3 Å². The van der Waals surface area contributed by atoms with Crippen LogP contribution in [0.2, 0.25) is 0 Å². The lowest BCUT2D eigenvalue weighted by Gasteiger charge is -2.40. The first kappa shape index (κ1) is 48.9. The van der Waals surface area contributed by atoms with Gasteiger partial charge in [-0.05, 0) is 99.6 Å². The van der Waals surface area contributed by atoms with Crippen molar-refractivity contribution >= 4 is 40.5 Å². The maximum atomic E-state index is 16.3. The topological polar surface area (TPSA) is 176 Å². The maximum absolute atomic E-state index is 16.3. The van der Waals surface area contributed by atoms with Crippen LogP contribution in [0.1, 0.15) is 83.7 Å². The highest BCUT2D eigenvalue weighted by molar-refractivity contribution is 5.96. The zero-order valence-corrected chi connectivity index (χ0v) is 39.9. The number of methoxy groups -OCH3 is 1. The van der Waals surface area contributed by atoms with Crippen LogP contribution in [0.15, 0.2) is 73.4 Å². The molecule has 2 saturated heterocycles. The van der Waals surface area contributed by atoms with E-state index in [2.05, 4.69) is 47.0 Å². The van der Waals surface area contributed by atoms with Crippen molar-refractivity contribution in [2.75, 3.05) is 40.4 Å². The number of benzene rings is 2. The number of amides is 4. The minimum absolute atomic E-state index is 0.0600. The molecule has 0 radical (unpaired) electrons. The summed E-state index contributed by atoms with van der Waals surface area (Å²) < 4.78 is 30.3. The monoisotopic (exact) mass is 921 g/mol. The van der Waals surface area contributed by atoms with Crippen molar-refractivity contribution in [1.82, 2.24) is 35.1 Å². The van der Waals surface area contributed by atoms with Crippen LogP contribution >= 0.6 is 0 Å². The lowest BCUT2D eigenvalue weighted by Crippen LogP contribution is -2.67. The van der Waals surface area contributed by atoms with E-state index in [1.54, 1.807) is 13.3 Å². The molecule has 3 aliphatic heterocycles. The fourth-order valence-corrected chi connectivity index (χ4v) is 9.93. The Hall–Kier alpha value is -5.97. The molecule has 0 saturated carbocycles. The molecule has 0 spiro atoms. The number of likely N-dealkylation sites (tertiary alicyclic amines) is 1. The summed E-state index contributed by atoms with van der Waals surface area (Å²) in [4.78, 5) is 76.6. The molecule has 5 atom stereocenters. The molecule has 67 heavy (non-hydrogen) atoms. The van der Waals surface area contributed by atoms with Gasteiger partial charge in [0.25, 0.3) is 5.91 Å². The Kier molecular flexibility index (Phi) is 14.1. The zero-order chi connectivity index (χ0) is 48.6. The number of carbonyl (C=O) groups excluding carboxylic acids is 5. The van der Waals surface area contributed by atoms with E-state index in [-0.39, 0.29) is 51.0 Å². The van der Waals surface area contributed by atoms with Crippen LogP contribution in [0, 0.1) is 11.3 Å². The average Bonchev–Trinajstić information content (AvgIpc) is 3.91. The molecule has 6 bridgehead atoms. The number of cyclic esters (lactones) is 1. The van der Waals surface area contributed by atoms with Gasteiger partial charge in [-0.1, -0.05) is 50.8 Å². The second kappa shape index (κ2) is 19.3. The summed E-state index contributed by atoms with van der Waals surface area (Å²) in [5.74, 6) is -4.11. The Bertz CT molecular complexity index is 2570. The molecule has 4 amide bonds. The van der Waals surface area contributed by atoms with Gasteiger partial charge in [0.2, 0.25) is 23.4 Å². The molecule has 3 N–H and O–H groups in total. The number of rotatable bonds is 10. The molecule has 2 fully saturated rings. The standard InChI is InChI=1S/C51H64FN7O8/c1-10-41(60)57-24-20-35(29-57)46(62)56(8)44(50(6,7)52)45(61)54-39-26-32-15-12-16-33(25-32)34-18-19-40-37(27-34)38(43(58(40)11-2)36-17-13-22-53-42(36)31(3)66-9)28-49(4,5)30-67-48(64)51(65)21-14-23-59(55-51)47(39)63/h10,12-13,15-19,22,25,27,31,35,39,44,55,65H,1,11,14,20-21,23-24,26,28-30H2,2-9H3,(H,54,61)/t31-,35-,39-,44+,51-/m0/s1. The van der Waals surface area contributed by atoms with E-state index >= 15 is 4.39 Å². The van der Waals surface area contributed by atoms with E-state index < -0.39 is 58.5 Å². The number of fused-ring (bicyclic) bond motifs is 6. The minimum atomic E-state index is -2.29.